The van der Waals surface area contributed by atoms with Crippen molar-refractivity contribution in [3.63, 3.8) is 0 Å². The summed E-state index contributed by atoms with van der Waals surface area (Å²) in [6.45, 7) is 4.44. The van der Waals surface area contributed by atoms with Crippen LogP contribution in [0.5, 0.6) is 5.88 Å². The van der Waals surface area contributed by atoms with E-state index in [1.54, 1.807) is 0 Å². The van der Waals surface area contributed by atoms with Crippen LogP contribution in [-0.4, -0.2) is 22.6 Å². The Bertz CT molecular complexity index is 482. The number of hydrogen-bond donors (Lipinski definition) is 2. The number of amidine groups is 1. The Morgan fingerprint density at radius 1 is 1.53 bits per heavy atom. The van der Waals surface area contributed by atoms with Crippen LogP contribution in [0, 0.1) is 19.8 Å². The van der Waals surface area contributed by atoms with E-state index in [0.717, 1.165) is 23.6 Å². The van der Waals surface area contributed by atoms with E-state index in [1.807, 2.05) is 19.9 Å². The zero-order valence-corrected chi connectivity index (χ0v) is 11.5. The summed E-state index contributed by atoms with van der Waals surface area (Å²) in [5, 5.41) is 11.9. The van der Waals surface area contributed by atoms with Crippen molar-refractivity contribution in [2.24, 2.45) is 16.8 Å². The third kappa shape index (κ3) is 3.16. The van der Waals surface area contributed by atoms with Gasteiger partial charge in [-0.25, -0.2) is 4.98 Å². The molecule has 1 aliphatic rings. The zero-order valence-electron chi connectivity index (χ0n) is 11.5. The molecule has 0 spiro atoms. The van der Waals surface area contributed by atoms with Gasteiger partial charge in [0.25, 0.3) is 0 Å². The predicted octanol–water partition coefficient (Wildman–Crippen LogP) is 2.36. The molecule has 0 atom stereocenters. The number of nitrogens with zero attached hydrogens (tertiary/aromatic N) is 2. The maximum Gasteiger partial charge on any atom is 0.225 e. The van der Waals surface area contributed by atoms with Crippen LogP contribution in [0.25, 0.3) is 0 Å². The first kappa shape index (κ1) is 13.6. The van der Waals surface area contributed by atoms with Gasteiger partial charge in [0.15, 0.2) is 5.84 Å². The summed E-state index contributed by atoms with van der Waals surface area (Å²) in [7, 11) is 0. The van der Waals surface area contributed by atoms with Gasteiger partial charge >= 0.3 is 0 Å². The molecule has 5 nitrogen and oxygen atoms in total. The number of aromatic nitrogens is 1. The largest absolute Gasteiger partial charge is 0.477 e. The lowest BCUT2D eigenvalue weighted by Crippen LogP contribution is -2.19. The Kier molecular flexibility index (Phi) is 4.24. The van der Waals surface area contributed by atoms with Crippen LogP contribution in [0.2, 0.25) is 0 Å². The van der Waals surface area contributed by atoms with Gasteiger partial charge in [0, 0.05) is 5.69 Å². The van der Waals surface area contributed by atoms with Gasteiger partial charge < -0.3 is 15.7 Å². The second kappa shape index (κ2) is 5.91. The molecule has 1 aromatic heterocycles. The molecule has 0 radical (unpaired) electrons. The molecule has 19 heavy (non-hydrogen) atoms. The number of aryl methyl sites for hydroxylation is 2. The molecule has 0 saturated heterocycles. The van der Waals surface area contributed by atoms with Crippen molar-refractivity contribution in [2.45, 2.75) is 39.5 Å². The molecular formula is C14H21N3O2. The summed E-state index contributed by atoms with van der Waals surface area (Å²) < 4.78 is 5.75. The summed E-state index contributed by atoms with van der Waals surface area (Å²) in [6.07, 6.45) is 4.99. The Hall–Kier alpha value is -1.78. The number of pyridine rings is 1. The van der Waals surface area contributed by atoms with Gasteiger partial charge in [-0.1, -0.05) is 24.4 Å². The first-order valence-electron chi connectivity index (χ1n) is 6.70. The van der Waals surface area contributed by atoms with E-state index >= 15 is 0 Å². The van der Waals surface area contributed by atoms with Gasteiger partial charge in [0.05, 0.1) is 12.2 Å². The summed E-state index contributed by atoms with van der Waals surface area (Å²) in [5.74, 6) is 1.30. The minimum Gasteiger partial charge on any atom is -0.477 e. The molecule has 1 heterocycles. The molecule has 0 unspecified atom stereocenters. The highest BCUT2D eigenvalue weighted by atomic mass is 16.5. The molecule has 5 heteroatoms. The number of nitrogens with two attached hydrogens (primary N) is 1. The quantitative estimate of drug-likeness (QED) is 0.370. The average molecular weight is 263 g/mol. The van der Waals surface area contributed by atoms with Crippen LogP contribution >= 0.6 is 0 Å². The van der Waals surface area contributed by atoms with Crippen molar-refractivity contribution in [1.29, 1.82) is 0 Å². The van der Waals surface area contributed by atoms with Crippen LogP contribution in [0.15, 0.2) is 11.2 Å². The van der Waals surface area contributed by atoms with E-state index in [-0.39, 0.29) is 5.84 Å². The molecule has 104 valence electrons. The van der Waals surface area contributed by atoms with Crippen LogP contribution in [-0.2, 0) is 0 Å². The SMILES string of the molecule is Cc1cc(C)c(/C(N)=N/O)c(OCCC2CCC2)n1. The van der Waals surface area contributed by atoms with E-state index in [1.165, 1.54) is 19.3 Å². The van der Waals surface area contributed by atoms with E-state index < -0.39 is 0 Å². The minimum absolute atomic E-state index is 0.0450. The average Bonchev–Trinajstić information content (AvgIpc) is 2.31. The number of ether oxygens (including phenoxy) is 1. The number of oxime groups is 1. The van der Waals surface area contributed by atoms with Gasteiger partial charge in [-0.05, 0) is 37.8 Å². The van der Waals surface area contributed by atoms with Crippen LogP contribution in [0.1, 0.15) is 42.5 Å². The van der Waals surface area contributed by atoms with Gasteiger partial charge in [0.1, 0.15) is 0 Å². The summed E-state index contributed by atoms with van der Waals surface area (Å²) >= 11 is 0. The lowest BCUT2D eigenvalue weighted by atomic mass is 9.83. The fraction of sp³-hybridized carbons (Fsp3) is 0.571. The first-order chi connectivity index (χ1) is 9.11. The minimum atomic E-state index is 0.0450. The Labute approximate surface area is 113 Å². The van der Waals surface area contributed by atoms with E-state index in [9.17, 15) is 0 Å². The van der Waals surface area contributed by atoms with Crippen LogP contribution in [0.3, 0.4) is 0 Å². The maximum atomic E-state index is 8.85. The molecule has 2 rings (SSSR count). The van der Waals surface area contributed by atoms with Crippen molar-refractivity contribution >= 4 is 5.84 Å². The van der Waals surface area contributed by atoms with Gasteiger partial charge in [-0.15, -0.1) is 0 Å². The molecule has 1 saturated carbocycles. The standard InChI is InChI=1S/C14H21N3O2/c1-9-8-10(2)16-14(12(9)13(15)17-18)19-7-6-11-4-3-5-11/h8,11,18H,3-7H2,1-2H3,(H2,15,17). The first-order valence-corrected chi connectivity index (χ1v) is 6.70. The predicted molar refractivity (Wildman–Crippen MR) is 73.7 cm³/mol. The monoisotopic (exact) mass is 263 g/mol. The summed E-state index contributed by atoms with van der Waals surface area (Å²) in [5.41, 5.74) is 8.05. The van der Waals surface area contributed by atoms with Crippen molar-refractivity contribution in [1.82, 2.24) is 4.98 Å². The molecule has 1 fully saturated rings. The van der Waals surface area contributed by atoms with Gasteiger partial charge in [-0.2, -0.15) is 0 Å². The molecule has 1 aliphatic carbocycles. The molecule has 0 aliphatic heterocycles. The van der Waals surface area contributed by atoms with Crippen molar-refractivity contribution in [3.05, 3.63) is 22.9 Å². The fourth-order valence-electron chi connectivity index (χ4n) is 2.37. The Balaban J connectivity index is 2.12. The molecular weight excluding hydrogens is 242 g/mol. The van der Waals surface area contributed by atoms with E-state index in [2.05, 4.69) is 10.1 Å². The Morgan fingerprint density at radius 3 is 2.84 bits per heavy atom. The smallest absolute Gasteiger partial charge is 0.225 e. The number of rotatable bonds is 5. The third-order valence-electron chi connectivity index (χ3n) is 3.66. The van der Waals surface area contributed by atoms with Crippen molar-refractivity contribution in [2.75, 3.05) is 6.61 Å². The van der Waals surface area contributed by atoms with Crippen molar-refractivity contribution in [3.8, 4) is 5.88 Å². The Morgan fingerprint density at radius 2 is 2.26 bits per heavy atom. The molecule has 3 N–H and O–H groups in total. The van der Waals surface area contributed by atoms with Gasteiger partial charge in [-0.3, -0.25) is 0 Å². The maximum absolute atomic E-state index is 8.85. The highest BCUT2D eigenvalue weighted by molar-refractivity contribution is 6.00. The molecule has 0 amide bonds. The lowest BCUT2D eigenvalue weighted by Gasteiger charge is -2.25. The molecule has 1 aromatic rings. The topological polar surface area (TPSA) is 80.7 Å². The second-order valence-corrected chi connectivity index (χ2v) is 5.18. The zero-order chi connectivity index (χ0) is 13.8. The fourth-order valence-corrected chi connectivity index (χ4v) is 2.37. The van der Waals surface area contributed by atoms with E-state index in [4.69, 9.17) is 15.7 Å². The van der Waals surface area contributed by atoms with Crippen molar-refractivity contribution < 1.29 is 9.94 Å². The molecule has 0 aromatic carbocycles. The normalized spacial score (nSPS) is 16.2. The van der Waals surface area contributed by atoms with E-state index in [0.29, 0.717) is 18.1 Å². The van der Waals surface area contributed by atoms with Crippen LogP contribution in [0.4, 0.5) is 0 Å². The lowest BCUT2D eigenvalue weighted by molar-refractivity contribution is 0.216. The molecule has 0 bridgehead atoms. The summed E-state index contributed by atoms with van der Waals surface area (Å²) in [6, 6.07) is 1.90. The highest BCUT2D eigenvalue weighted by Gasteiger charge is 2.19. The van der Waals surface area contributed by atoms with Gasteiger partial charge in [0.2, 0.25) is 5.88 Å². The third-order valence-corrected chi connectivity index (χ3v) is 3.66. The number of hydrogen-bond acceptors (Lipinski definition) is 4. The summed E-state index contributed by atoms with van der Waals surface area (Å²) in [4.78, 5) is 4.35. The van der Waals surface area contributed by atoms with Crippen LogP contribution < -0.4 is 10.5 Å². The second-order valence-electron chi connectivity index (χ2n) is 5.18. The highest BCUT2D eigenvalue weighted by Crippen LogP contribution is 2.29.